The first-order chi connectivity index (χ1) is 7.84. The van der Waals surface area contributed by atoms with Crippen LogP contribution in [-0.2, 0) is 9.59 Å². The summed E-state index contributed by atoms with van der Waals surface area (Å²) in [4.78, 5) is 25.5. The number of carbonyl (C=O) groups is 2. The molecule has 0 bridgehead atoms. The minimum Gasteiger partial charge on any atom is -0.357 e. The van der Waals surface area contributed by atoms with Gasteiger partial charge in [0.25, 0.3) is 0 Å². The Morgan fingerprint density at radius 2 is 1.71 bits per heavy atom. The van der Waals surface area contributed by atoms with E-state index in [-0.39, 0.29) is 23.8 Å². The molecule has 0 aliphatic rings. The number of carbonyl (C=O) groups excluding carboxylic acids is 2. The lowest BCUT2D eigenvalue weighted by Crippen LogP contribution is -2.53. The quantitative estimate of drug-likeness (QED) is 0.701. The predicted molar refractivity (Wildman–Crippen MR) is 68.6 cm³/mol. The van der Waals surface area contributed by atoms with Crippen LogP contribution in [0.2, 0.25) is 0 Å². The average Bonchev–Trinajstić information content (AvgIpc) is 2.23. The van der Waals surface area contributed by atoms with Crippen molar-refractivity contribution < 1.29 is 9.59 Å². The van der Waals surface area contributed by atoms with Crippen LogP contribution in [0.1, 0.15) is 27.2 Å². The van der Waals surface area contributed by atoms with Crippen molar-refractivity contribution in [2.45, 2.75) is 39.3 Å². The molecule has 17 heavy (non-hydrogen) atoms. The fraction of sp³-hybridized carbons (Fsp3) is 0.833. The van der Waals surface area contributed by atoms with Gasteiger partial charge in [0.1, 0.15) is 6.04 Å². The van der Waals surface area contributed by atoms with Gasteiger partial charge in [-0.3, -0.25) is 14.5 Å². The summed E-state index contributed by atoms with van der Waals surface area (Å²) in [5.41, 5.74) is 0. The zero-order chi connectivity index (χ0) is 13.6. The Morgan fingerprint density at radius 3 is 2.00 bits per heavy atom. The molecule has 0 saturated heterocycles. The highest BCUT2D eigenvalue weighted by Crippen LogP contribution is 2.08. The summed E-state index contributed by atoms with van der Waals surface area (Å²) in [6.45, 7) is 5.86. The highest BCUT2D eigenvalue weighted by atomic mass is 16.2. The SMILES string of the molecule is CCC(NC(=O)[C@H](C(C)C)N(C)C)C(=O)NC. The molecular formula is C12H25N3O2. The first-order valence-electron chi connectivity index (χ1n) is 6.03. The lowest BCUT2D eigenvalue weighted by Gasteiger charge is -2.28. The first kappa shape index (κ1) is 15.9. The molecule has 0 aliphatic heterocycles. The second-order valence-corrected chi connectivity index (χ2v) is 4.74. The summed E-state index contributed by atoms with van der Waals surface area (Å²) in [5.74, 6) is -0.0465. The largest absolute Gasteiger partial charge is 0.357 e. The molecule has 0 rings (SSSR count). The Hall–Kier alpha value is -1.10. The van der Waals surface area contributed by atoms with Gasteiger partial charge in [0, 0.05) is 7.05 Å². The molecule has 0 aromatic carbocycles. The molecule has 2 atom stereocenters. The van der Waals surface area contributed by atoms with Crippen LogP contribution in [0.25, 0.3) is 0 Å². The summed E-state index contributed by atoms with van der Waals surface area (Å²) >= 11 is 0. The number of nitrogens with zero attached hydrogens (tertiary/aromatic N) is 1. The molecular weight excluding hydrogens is 218 g/mol. The molecule has 5 heteroatoms. The van der Waals surface area contributed by atoms with Crippen LogP contribution in [0.3, 0.4) is 0 Å². The third-order valence-corrected chi connectivity index (χ3v) is 2.74. The normalized spacial score (nSPS) is 14.6. The molecule has 0 aromatic heterocycles. The molecule has 0 spiro atoms. The molecule has 0 heterocycles. The second-order valence-electron chi connectivity index (χ2n) is 4.74. The maximum absolute atomic E-state index is 12.1. The monoisotopic (exact) mass is 243 g/mol. The maximum Gasteiger partial charge on any atom is 0.242 e. The lowest BCUT2D eigenvalue weighted by molar-refractivity contribution is -0.132. The minimum atomic E-state index is -0.450. The molecule has 0 aromatic rings. The smallest absolute Gasteiger partial charge is 0.242 e. The van der Waals surface area contributed by atoms with Crippen LogP contribution in [0, 0.1) is 5.92 Å². The van der Waals surface area contributed by atoms with Gasteiger partial charge >= 0.3 is 0 Å². The van der Waals surface area contributed by atoms with E-state index < -0.39 is 6.04 Å². The number of nitrogens with one attached hydrogen (secondary N) is 2. The van der Waals surface area contributed by atoms with Crippen LogP contribution in [-0.4, -0.2) is 49.9 Å². The Bertz CT molecular complexity index is 256. The van der Waals surface area contributed by atoms with Gasteiger partial charge < -0.3 is 10.6 Å². The molecule has 0 aliphatic carbocycles. The van der Waals surface area contributed by atoms with Crippen molar-refractivity contribution in [3.8, 4) is 0 Å². The zero-order valence-electron chi connectivity index (χ0n) is 11.7. The summed E-state index contributed by atoms with van der Waals surface area (Å²) in [7, 11) is 5.30. The van der Waals surface area contributed by atoms with Crippen LogP contribution in [0.5, 0.6) is 0 Å². The van der Waals surface area contributed by atoms with Crippen molar-refractivity contribution in [2.75, 3.05) is 21.1 Å². The fourth-order valence-corrected chi connectivity index (χ4v) is 1.92. The van der Waals surface area contributed by atoms with Crippen molar-refractivity contribution >= 4 is 11.8 Å². The molecule has 2 amide bonds. The van der Waals surface area contributed by atoms with Crippen LogP contribution in [0.15, 0.2) is 0 Å². The van der Waals surface area contributed by atoms with Crippen molar-refractivity contribution in [1.82, 2.24) is 15.5 Å². The Morgan fingerprint density at radius 1 is 1.18 bits per heavy atom. The molecule has 0 radical (unpaired) electrons. The summed E-state index contributed by atoms with van der Waals surface area (Å²) in [6.07, 6.45) is 0.587. The van der Waals surface area contributed by atoms with Gasteiger partial charge in [-0.1, -0.05) is 20.8 Å². The van der Waals surface area contributed by atoms with E-state index in [1.165, 1.54) is 0 Å². The van der Waals surface area contributed by atoms with Gasteiger partial charge in [0.2, 0.25) is 11.8 Å². The van der Waals surface area contributed by atoms with E-state index in [4.69, 9.17) is 0 Å². The Labute approximate surface area is 104 Å². The molecule has 1 unspecified atom stereocenters. The van der Waals surface area contributed by atoms with Gasteiger partial charge in [0.15, 0.2) is 0 Å². The molecule has 100 valence electrons. The van der Waals surface area contributed by atoms with Gasteiger partial charge in [-0.15, -0.1) is 0 Å². The number of amides is 2. The van der Waals surface area contributed by atoms with Crippen LogP contribution < -0.4 is 10.6 Å². The highest BCUT2D eigenvalue weighted by molar-refractivity contribution is 5.89. The van der Waals surface area contributed by atoms with Gasteiger partial charge in [-0.2, -0.15) is 0 Å². The number of likely N-dealkylation sites (N-methyl/N-ethyl adjacent to an activating group) is 2. The Kier molecular flexibility index (Phi) is 6.80. The highest BCUT2D eigenvalue weighted by Gasteiger charge is 2.27. The van der Waals surface area contributed by atoms with Crippen molar-refractivity contribution in [2.24, 2.45) is 5.92 Å². The minimum absolute atomic E-state index is 0.0968. The summed E-state index contributed by atoms with van der Waals surface area (Å²) in [6, 6.07) is -0.664. The summed E-state index contributed by atoms with van der Waals surface area (Å²) < 4.78 is 0. The number of rotatable bonds is 6. The van der Waals surface area contributed by atoms with E-state index in [0.717, 1.165) is 0 Å². The van der Waals surface area contributed by atoms with Crippen LogP contribution >= 0.6 is 0 Å². The zero-order valence-corrected chi connectivity index (χ0v) is 11.7. The number of hydrogen-bond acceptors (Lipinski definition) is 3. The maximum atomic E-state index is 12.1. The van der Waals surface area contributed by atoms with E-state index >= 15 is 0 Å². The van der Waals surface area contributed by atoms with E-state index in [2.05, 4.69) is 10.6 Å². The summed E-state index contributed by atoms with van der Waals surface area (Å²) in [5, 5.41) is 5.34. The third kappa shape index (κ3) is 4.73. The number of hydrogen-bond donors (Lipinski definition) is 2. The van der Waals surface area contributed by atoms with Gasteiger partial charge in [-0.05, 0) is 26.4 Å². The van der Waals surface area contributed by atoms with E-state index in [0.29, 0.717) is 6.42 Å². The Balaban J connectivity index is 4.63. The van der Waals surface area contributed by atoms with Gasteiger partial charge in [0.05, 0.1) is 6.04 Å². The van der Waals surface area contributed by atoms with Crippen molar-refractivity contribution in [1.29, 1.82) is 0 Å². The average molecular weight is 243 g/mol. The fourth-order valence-electron chi connectivity index (χ4n) is 1.92. The molecule has 0 fully saturated rings. The lowest BCUT2D eigenvalue weighted by atomic mass is 10.0. The molecule has 5 nitrogen and oxygen atoms in total. The van der Waals surface area contributed by atoms with Crippen LogP contribution in [0.4, 0.5) is 0 Å². The van der Waals surface area contributed by atoms with Gasteiger partial charge in [-0.25, -0.2) is 0 Å². The van der Waals surface area contributed by atoms with E-state index in [1.807, 2.05) is 39.8 Å². The van der Waals surface area contributed by atoms with Crippen molar-refractivity contribution in [3.05, 3.63) is 0 Å². The molecule has 0 saturated carbocycles. The van der Waals surface area contributed by atoms with E-state index in [1.54, 1.807) is 7.05 Å². The van der Waals surface area contributed by atoms with Crippen molar-refractivity contribution in [3.63, 3.8) is 0 Å². The third-order valence-electron chi connectivity index (χ3n) is 2.74. The standard InChI is InChI=1S/C12H25N3O2/c1-7-9(11(16)13-4)14-12(17)10(8(2)3)15(5)6/h8-10H,7H2,1-6H3,(H,13,16)(H,14,17)/t9?,10-/m0/s1. The second kappa shape index (κ2) is 7.27. The van der Waals surface area contributed by atoms with E-state index in [9.17, 15) is 9.59 Å². The first-order valence-corrected chi connectivity index (χ1v) is 6.03. The molecule has 2 N–H and O–H groups in total. The predicted octanol–water partition coefficient (Wildman–Crippen LogP) is 0.213. The topological polar surface area (TPSA) is 61.4 Å².